The minimum Gasteiger partial charge on any atom is -0.423 e. The van der Waals surface area contributed by atoms with E-state index in [9.17, 15) is 0 Å². The van der Waals surface area contributed by atoms with Gasteiger partial charge in [0.1, 0.15) is 0 Å². The van der Waals surface area contributed by atoms with E-state index in [0.717, 1.165) is 5.54 Å². The molecule has 0 aromatic heterocycles. The molecular formula is C6H16OSi. The van der Waals surface area contributed by atoms with E-state index in [1.54, 1.807) is 0 Å². The molecule has 0 amide bonds. The molecule has 0 saturated heterocycles. The topological polar surface area (TPSA) is 9.23 Å². The van der Waals surface area contributed by atoms with E-state index in [1.807, 2.05) is 7.11 Å². The molecule has 1 atom stereocenters. The first-order valence-corrected chi connectivity index (χ1v) is 5.20. The molecule has 0 bridgehead atoms. The lowest BCUT2D eigenvalue weighted by Crippen LogP contribution is -2.17. The Hall–Kier alpha value is 0.177. The summed E-state index contributed by atoms with van der Waals surface area (Å²) in [6.45, 7) is 6.69. The molecule has 0 rings (SSSR count). The average molecular weight is 132 g/mol. The van der Waals surface area contributed by atoms with Gasteiger partial charge in [0.15, 0.2) is 9.04 Å². The van der Waals surface area contributed by atoms with Gasteiger partial charge in [-0.25, -0.2) is 0 Å². The second kappa shape index (κ2) is 4.10. The Balaban J connectivity index is 3.35. The fraction of sp³-hybridized carbons (Fsp3) is 1.00. The van der Waals surface area contributed by atoms with Crippen LogP contribution in [-0.4, -0.2) is 16.2 Å². The van der Waals surface area contributed by atoms with Gasteiger partial charge in [0, 0.05) is 7.11 Å². The lowest BCUT2D eigenvalue weighted by Gasteiger charge is -2.13. The molecule has 1 unspecified atom stereocenters. The molecule has 0 aliphatic heterocycles. The van der Waals surface area contributed by atoms with Crippen molar-refractivity contribution < 1.29 is 4.43 Å². The first kappa shape index (κ1) is 8.18. The fourth-order valence-electron chi connectivity index (χ4n) is 0.910. The van der Waals surface area contributed by atoms with Crippen molar-refractivity contribution >= 4 is 9.04 Å². The lowest BCUT2D eigenvalue weighted by atomic mass is 10.6. The van der Waals surface area contributed by atoms with Gasteiger partial charge in [-0.05, 0) is 11.6 Å². The molecule has 0 aliphatic rings. The highest BCUT2D eigenvalue weighted by atomic mass is 28.3. The Morgan fingerprint density at radius 2 is 2.00 bits per heavy atom. The fourth-order valence-corrected chi connectivity index (χ4v) is 2.73. The van der Waals surface area contributed by atoms with Gasteiger partial charge in [-0.3, -0.25) is 0 Å². The summed E-state index contributed by atoms with van der Waals surface area (Å²) in [6, 6.07) is 1.26. The third kappa shape index (κ3) is 2.48. The van der Waals surface area contributed by atoms with Gasteiger partial charge >= 0.3 is 0 Å². The first-order valence-electron chi connectivity index (χ1n) is 3.25. The average Bonchev–Trinajstić information content (AvgIpc) is 1.69. The molecule has 0 radical (unpaired) electrons. The summed E-state index contributed by atoms with van der Waals surface area (Å²) < 4.78 is 5.30. The molecule has 0 heterocycles. The third-order valence-electron chi connectivity index (χ3n) is 1.45. The summed E-state index contributed by atoms with van der Waals surface area (Å²) in [5.74, 6) is 0. The van der Waals surface area contributed by atoms with E-state index in [2.05, 4.69) is 20.8 Å². The van der Waals surface area contributed by atoms with E-state index < -0.39 is 9.04 Å². The molecule has 0 saturated carbocycles. The van der Waals surface area contributed by atoms with Crippen molar-refractivity contribution in [3.8, 4) is 0 Å². The highest BCUT2D eigenvalue weighted by Crippen LogP contribution is 2.10. The molecule has 0 fully saturated rings. The van der Waals surface area contributed by atoms with Crippen molar-refractivity contribution in [2.75, 3.05) is 7.11 Å². The quantitative estimate of drug-likeness (QED) is 0.532. The first-order chi connectivity index (χ1) is 3.72. The zero-order valence-electron chi connectivity index (χ0n) is 6.27. The maximum atomic E-state index is 5.30. The summed E-state index contributed by atoms with van der Waals surface area (Å²) >= 11 is 0. The molecule has 1 nitrogen and oxygen atoms in total. The van der Waals surface area contributed by atoms with Crippen LogP contribution >= 0.6 is 0 Å². The van der Waals surface area contributed by atoms with Gasteiger partial charge in [0.05, 0.1) is 0 Å². The normalized spacial score (nSPS) is 14.6. The number of hydrogen-bond acceptors (Lipinski definition) is 1. The van der Waals surface area contributed by atoms with Crippen LogP contribution in [-0.2, 0) is 4.43 Å². The van der Waals surface area contributed by atoms with Gasteiger partial charge in [-0.2, -0.15) is 0 Å². The van der Waals surface area contributed by atoms with E-state index in [1.165, 1.54) is 6.04 Å². The van der Waals surface area contributed by atoms with Crippen LogP contribution < -0.4 is 0 Å². The SMILES string of the molecule is CC[SiH](OC)C(C)C. The lowest BCUT2D eigenvalue weighted by molar-refractivity contribution is 0.411. The molecule has 0 aromatic rings. The van der Waals surface area contributed by atoms with Gasteiger partial charge in [0.2, 0.25) is 0 Å². The zero-order chi connectivity index (χ0) is 6.57. The monoisotopic (exact) mass is 132 g/mol. The Bertz CT molecular complexity index is 50.5. The van der Waals surface area contributed by atoms with Crippen molar-refractivity contribution in [1.29, 1.82) is 0 Å². The largest absolute Gasteiger partial charge is 0.423 e. The Labute approximate surface area is 53.8 Å². The van der Waals surface area contributed by atoms with Crippen LogP contribution in [0.4, 0.5) is 0 Å². The summed E-state index contributed by atoms with van der Waals surface area (Å²) in [4.78, 5) is 0. The standard InChI is InChI=1S/C6H16OSi/c1-5-8(7-4)6(2)3/h6,8H,5H2,1-4H3. The van der Waals surface area contributed by atoms with Gasteiger partial charge in [-0.1, -0.05) is 20.8 Å². The smallest absolute Gasteiger partial charge is 0.178 e. The highest BCUT2D eigenvalue weighted by molar-refractivity contribution is 6.53. The van der Waals surface area contributed by atoms with Crippen molar-refractivity contribution in [3.05, 3.63) is 0 Å². The molecule has 0 N–H and O–H groups in total. The maximum Gasteiger partial charge on any atom is 0.178 e. The summed E-state index contributed by atoms with van der Waals surface area (Å²) in [7, 11) is 1.07. The molecule has 0 spiro atoms. The van der Waals surface area contributed by atoms with Crippen molar-refractivity contribution in [3.63, 3.8) is 0 Å². The van der Waals surface area contributed by atoms with E-state index >= 15 is 0 Å². The van der Waals surface area contributed by atoms with Gasteiger partial charge < -0.3 is 4.43 Å². The van der Waals surface area contributed by atoms with E-state index in [0.29, 0.717) is 0 Å². The molecule has 0 aromatic carbocycles. The third-order valence-corrected chi connectivity index (χ3v) is 4.35. The van der Waals surface area contributed by atoms with E-state index in [-0.39, 0.29) is 0 Å². The van der Waals surface area contributed by atoms with Crippen LogP contribution in [0.5, 0.6) is 0 Å². The summed E-state index contributed by atoms with van der Waals surface area (Å²) in [5, 5.41) is 0. The summed E-state index contributed by atoms with van der Waals surface area (Å²) in [6.07, 6.45) is 0. The van der Waals surface area contributed by atoms with Crippen LogP contribution in [0.3, 0.4) is 0 Å². The molecule has 8 heavy (non-hydrogen) atoms. The van der Waals surface area contributed by atoms with Crippen LogP contribution in [0.25, 0.3) is 0 Å². The molecule has 50 valence electrons. The van der Waals surface area contributed by atoms with Crippen molar-refractivity contribution in [2.24, 2.45) is 0 Å². The Morgan fingerprint density at radius 3 is 2.00 bits per heavy atom. The predicted molar refractivity (Wildman–Crippen MR) is 39.7 cm³/mol. The Morgan fingerprint density at radius 1 is 1.50 bits per heavy atom. The number of rotatable bonds is 3. The molecule has 0 aliphatic carbocycles. The zero-order valence-corrected chi connectivity index (χ0v) is 7.42. The van der Waals surface area contributed by atoms with Gasteiger partial charge in [0.25, 0.3) is 0 Å². The summed E-state index contributed by atoms with van der Waals surface area (Å²) in [5.41, 5.74) is 0.796. The van der Waals surface area contributed by atoms with Crippen molar-refractivity contribution in [2.45, 2.75) is 32.4 Å². The molecule has 2 heteroatoms. The highest BCUT2D eigenvalue weighted by Gasteiger charge is 2.10. The van der Waals surface area contributed by atoms with Crippen LogP contribution in [0.15, 0.2) is 0 Å². The van der Waals surface area contributed by atoms with Crippen LogP contribution in [0.1, 0.15) is 20.8 Å². The maximum absolute atomic E-state index is 5.30. The van der Waals surface area contributed by atoms with E-state index in [4.69, 9.17) is 4.43 Å². The Kier molecular flexibility index (Phi) is 4.19. The number of hydrogen-bond donors (Lipinski definition) is 0. The molecular weight excluding hydrogens is 116 g/mol. The van der Waals surface area contributed by atoms with Crippen LogP contribution in [0.2, 0.25) is 11.6 Å². The minimum absolute atomic E-state index is 0.765. The van der Waals surface area contributed by atoms with Crippen molar-refractivity contribution in [1.82, 2.24) is 0 Å². The van der Waals surface area contributed by atoms with Crippen LogP contribution in [0, 0.1) is 0 Å². The minimum atomic E-state index is -0.765. The second-order valence-electron chi connectivity index (χ2n) is 2.43. The predicted octanol–water partition coefficient (Wildman–Crippen LogP) is 1.79. The van der Waals surface area contributed by atoms with Gasteiger partial charge in [-0.15, -0.1) is 0 Å². The second-order valence-corrected chi connectivity index (χ2v) is 6.12.